The van der Waals surface area contributed by atoms with Gasteiger partial charge in [-0.1, -0.05) is 35.3 Å². The molecule has 0 fully saturated rings. The maximum absolute atomic E-state index is 6.13. The molecular formula is C15H12Cl2N6. The zero-order valence-corrected chi connectivity index (χ0v) is 13.4. The highest BCUT2D eigenvalue weighted by molar-refractivity contribution is 6.43. The van der Waals surface area contributed by atoms with Crippen molar-refractivity contribution in [1.82, 2.24) is 20.2 Å². The summed E-state index contributed by atoms with van der Waals surface area (Å²) in [6.07, 6.45) is 5.06. The van der Waals surface area contributed by atoms with Gasteiger partial charge >= 0.3 is 0 Å². The topological polar surface area (TPSA) is 75.6 Å². The van der Waals surface area contributed by atoms with Crippen LogP contribution in [-0.2, 0) is 6.54 Å². The van der Waals surface area contributed by atoms with Crippen molar-refractivity contribution in [2.45, 2.75) is 6.54 Å². The summed E-state index contributed by atoms with van der Waals surface area (Å²) >= 11 is 12.1. The summed E-state index contributed by atoms with van der Waals surface area (Å²) in [6.45, 7) is 0.587. The maximum atomic E-state index is 6.13. The van der Waals surface area contributed by atoms with Gasteiger partial charge in [-0.3, -0.25) is 4.98 Å². The number of nitrogens with zero attached hydrogens (tertiary/aromatic N) is 4. The minimum Gasteiger partial charge on any atom is -0.364 e. The monoisotopic (exact) mass is 346 g/mol. The van der Waals surface area contributed by atoms with Gasteiger partial charge in [0.2, 0.25) is 5.95 Å². The van der Waals surface area contributed by atoms with Crippen molar-refractivity contribution in [3.63, 3.8) is 0 Å². The van der Waals surface area contributed by atoms with E-state index in [1.165, 1.54) is 0 Å². The van der Waals surface area contributed by atoms with Gasteiger partial charge in [0, 0.05) is 18.9 Å². The Labute approximate surface area is 142 Å². The first-order valence-electron chi connectivity index (χ1n) is 6.76. The predicted octanol–water partition coefficient (Wildman–Crippen LogP) is 3.93. The number of anilines is 3. The molecule has 0 atom stereocenters. The molecule has 116 valence electrons. The molecule has 8 heteroatoms. The summed E-state index contributed by atoms with van der Waals surface area (Å²) in [4.78, 5) is 8.40. The molecule has 0 saturated heterocycles. The van der Waals surface area contributed by atoms with E-state index in [4.69, 9.17) is 23.2 Å². The zero-order valence-electron chi connectivity index (χ0n) is 11.9. The fourth-order valence-corrected chi connectivity index (χ4v) is 2.21. The Bertz CT molecular complexity index is 797. The molecule has 0 aliphatic rings. The number of aromatic nitrogens is 4. The minimum atomic E-state index is 0.324. The summed E-state index contributed by atoms with van der Waals surface area (Å²) < 4.78 is 0. The summed E-state index contributed by atoms with van der Waals surface area (Å²) in [7, 11) is 0. The van der Waals surface area contributed by atoms with Crippen LogP contribution in [0.4, 0.5) is 17.5 Å². The van der Waals surface area contributed by atoms with Gasteiger partial charge in [-0.25, -0.2) is 0 Å². The van der Waals surface area contributed by atoms with E-state index >= 15 is 0 Å². The third-order valence-corrected chi connectivity index (χ3v) is 3.77. The molecule has 2 aromatic heterocycles. The second-order valence-electron chi connectivity index (χ2n) is 4.61. The number of benzene rings is 1. The van der Waals surface area contributed by atoms with Gasteiger partial charge in [0.1, 0.15) is 0 Å². The molecule has 1 aromatic carbocycles. The molecule has 0 aliphatic carbocycles. The summed E-state index contributed by atoms with van der Waals surface area (Å²) in [6, 6.07) is 9.13. The fraction of sp³-hybridized carbons (Fsp3) is 0.0667. The fourth-order valence-electron chi connectivity index (χ4n) is 1.86. The first-order valence-corrected chi connectivity index (χ1v) is 7.51. The van der Waals surface area contributed by atoms with Crippen LogP contribution in [0, 0.1) is 0 Å². The van der Waals surface area contributed by atoms with Crippen LogP contribution >= 0.6 is 23.2 Å². The molecule has 2 heterocycles. The first kappa shape index (κ1) is 15.5. The van der Waals surface area contributed by atoms with Gasteiger partial charge in [0.25, 0.3) is 0 Å². The van der Waals surface area contributed by atoms with Crippen LogP contribution in [0.25, 0.3) is 0 Å². The summed E-state index contributed by atoms with van der Waals surface area (Å²) in [5.74, 6) is 0.912. The van der Waals surface area contributed by atoms with Crippen molar-refractivity contribution in [1.29, 1.82) is 0 Å². The van der Waals surface area contributed by atoms with Crippen LogP contribution in [-0.4, -0.2) is 20.2 Å². The standard InChI is InChI=1S/C15H12Cl2N6/c16-11-4-1-5-12(14(11)17)21-15-22-13(9-20-23-15)19-8-10-3-2-6-18-7-10/h1-7,9H,8H2,(H2,19,21,22,23). The Morgan fingerprint density at radius 1 is 1.04 bits per heavy atom. The Balaban J connectivity index is 1.71. The SMILES string of the molecule is Clc1cccc(Nc2nncc(NCc3cccnc3)n2)c1Cl. The van der Waals surface area contributed by atoms with Crippen molar-refractivity contribution >= 4 is 40.7 Å². The van der Waals surface area contributed by atoms with Gasteiger partial charge in [-0.15, -0.1) is 5.10 Å². The van der Waals surface area contributed by atoms with Crippen LogP contribution in [0.2, 0.25) is 10.0 Å². The lowest BCUT2D eigenvalue weighted by Crippen LogP contribution is -2.06. The lowest BCUT2D eigenvalue weighted by atomic mass is 10.3. The zero-order chi connectivity index (χ0) is 16.1. The van der Waals surface area contributed by atoms with E-state index in [1.807, 2.05) is 12.1 Å². The average molecular weight is 347 g/mol. The van der Waals surface area contributed by atoms with E-state index < -0.39 is 0 Å². The molecule has 0 bridgehead atoms. The molecule has 23 heavy (non-hydrogen) atoms. The third-order valence-electron chi connectivity index (χ3n) is 2.95. The maximum Gasteiger partial charge on any atom is 0.249 e. The lowest BCUT2D eigenvalue weighted by molar-refractivity contribution is 0.964. The van der Waals surface area contributed by atoms with Crippen molar-refractivity contribution in [2.24, 2.45) is 0 Å². The van der Waals surface area contributed by atoms with Crippen LogP contribution < -0.4 is 10.6 Å². The first-order chi connectivity index (χ1) is 11.2. The number of nitrogens with one attached hydrogen (secondary N) is 2. The van der Waals surface area contributed by atoms with Crippen LogP contribution in [0.5, 0.6) is 0 Å². The van der Waals surface area contributed by atoms with E-state index in [0.717, 1.165) is 5.56 Å². The molecule has 0 radical (unpaired) electrons. The van der Waals surface area contributed by atoms with Gasteiger partial charge in [-0.05, 0) is 23.8 Å². The molecular weight excluding hydrogens is 335 g/mol. The van der Waals surface area contributed by atoms with Crippen molar-refractivity contribution < 1.29 is 0 Å². The highest BCUT2D eigenvalue weighted by Gasteiger charge is 2.07. The molecule has 2 N–H and O–H groups in total. The van der Waals surface area contributed by atoms with Crippen molar-refractivity contribution in [3.8, 4) is 0 Å². The molecule has 0 unspecified atom stereocenters. The van der Waals surface area contributed by atoms with Gasteiger partial charge in [0.15, 0.2) is 5.82 Å². The van der Waals surface area contributed by atoms with Crippen molar-refractivity contribution in [3.05, 3.63) is 64.5 Å². The van der Waals surface area contributed by atoms with Crippen LogP contribution in [0.15, 0.2) is 48.9 Å². The Hall–Kier alpha value is -2.44. The van der Waals surface area contributed by atoms with Gasteiger partial charge in [0.05, 0.1) is 21.9 Å². The normalized spacial score (nSPS) is 10.3. The molecule has 3 rings (SSSR count). The van der Waals surface area contributed by atoms with E-state index in [2.05, 4.69) is 30.8 Å². The third kappa shape index (κ3) is 4.06. The number of pyridine rings is 1. The average Bonchev–Trinajstić information content (AvgIpc) is 2.59. The number of halogens is 2. The van der Waals surface area contributed by atoms with Crippen LogP contribution in [0.1, 0.15) is 5.56 Å². The molecule has 0 spiro atoms. The smallest absolute Gasteiger partial charge is 0.249 e. The quantitative estimate of drug-likeness (QED) is 0.728. The van der Waals surface area contributed by atoms with E-state index in [1.54, 1.807) is 36.8 Å². The summed E-state index contributed by atoms with van der Waals surface area (Å²) in [5, 5.41) is 14.9. The second-order valence-corrected chi connectivity index (χ2v) is 5.39. The highest BCUT2D eigenvalue weighted by atomic mass is 35.5. The molecule has 3 aromatic rings. The van der Waals surface area contributed by atoms with Crippen LogP contribution in [0.3, 0.4) is 0 Å². The molecule has 0 aliphatic heterocycles. The lowest BCUT2D eigenvalue weighted by Gasteiger charge is -2.09. The Morgan fingerprint density at radius 3 is 2.78 bits per heavy atom. The number of rotatable bonds is 5. The Morgan fingerprint density at radius 2 is 1.96 bits per heavy atom. The van der Waals surface area contributed by atoms with Crippen molar-refractivity contribution in [2.75, 3.05) is 10.6 Å². The largest absolute Gasteiger partial charge is 0.364 e. The Kier molecular flexibility index (Phi) is 4.85. The van der Waals surface area contributed by atoms with Gasteiger partial charge < -0.3 is 10.6 Å². The summed E-state index contributed by atoms with van der Waals surface area (Å²) in [5.41, 5.74) is 1.66. The van der Waals surface area contributed by atoms with E-state index in [9.17, 15) is 0 Å². The molecule has 0 amide bonds. The minimum absolute atomic E-state index is 0.324. The van der Waals surface area contributed by atoms with E-state index in [-0.39, 0.29) is 0 Å². The second kappa shape index (κ2) is 7.21. The highest BCUT2D eigenvalue weighted by Crippen LogP contribution is 2.30. The predicted molar refractivity (Wildman–Crippen MR) is 91.1 cm³/mol. The van der Waals surface area contributed by atoms with E-state index in [0.29, 0.717) is 34.0 Å². The number of hydrogen-bond acceptors (Lipinski definition) is 6. The number of hydrogen-bond donors (Lipinski definition) is 2. The molecule has 0 saturated carbocycles. The molecule has 6 nitrogen and oxygen atoms in total. The van der Waals surface area contributed by atoms with Gasteiger partial charge in [-0.2, -0.15) is 10.1 Å².